The molecule has 0 aromatic heterocycles. The first-order valence-corrected chi connectivity index (χ1v) is 7.88. The number of amides is 1. The molecule has 1 aromatic rings. The highest BCUT2D eigenvalue weighted by atomic mass is 127. The average molecular weight is 423 g/mol. The second-order valence-corrected chi connectivity index (χ2v) is 6.71. The van der Waals surface area contributed by atoms with E-state index < -0.39 is 0 Å². The number of likely N-dealkylation sites (tertiary alicyclic amines) is 1. The Morgan fingerprint density at radius 1 is 1.44 bits per heavy atom. The van der Waals surface area contributed by atoms with Gasteiger partial charge < -0.3 is 10.2 Å². The SMILES string of the molecule is CN1CCC(C(=O)Nc2ccc(I)c(Br)c2)CC1. The van der Waals surface area contributed by atoms with Gasteiger partial charge in [-0.15, -0.1) is 0 Å². The Labute approximate surface area is 130 Å². The van der Waals surface area contributed by atoms with Gasteiger partial charge in [0.1, 0.15) is 0 Å². The molecule has 5 heteroatoms. The van der Waals surface area contributed by atoms with Crippen LogP contribution in [0.4, 0.5) is 5.69 Å². The highest BCUT2D eigenvalue weighted by Gasteiger charge is 2.23. The smallest absolute Gasteiger partial charge is 0.227 e. The van der Waals surface area contributed by atoms with E-state index in [0.29, 0.717) is 0 Å². The van der Waals surface area contributed by atoms with E-state index in [-0.39, 0.29) is 11.8 Å². The fourth-order valence-corrected chi connectivity index (χ4v) is 2.80. The number of rotatable bonds is 2. The Balaban J connectivity index is 1.96. The van der Waals surface area contributed by atoms with Crippen LogP contribution >= 0.6 is 38.5 Å². The lowest BCUT2D eigenvalue weighted by Crippen LogP contribution is -2.35. The van der Waals surface area contributed by atoms with Gasteiger partial charge in [-0.25, -0.2) is 0 Å². The van der Waals surface area contributed by atoms with Crippen molar-refractivity contribution in [2.45, 2.75) is 12.8 Å². The highest BCUT2D eigenvalue weighted by molar-refractivity contribution is 14.1. The molecule has 1 aliphatic heterocycles. The zero-order valence-corrected chi connectivity index (χ0v) is 14.0. The summed E-state index contributed by atoms with van der Waals surface area (Å²) in [6, 6.07) is 5.89. The molecular formula is C13H16BrIN2O. The summed E-state index contributed by atoms with van der Waals surface area (Å²) < 4.78 is 2.16. The van der Waals surface area contributed by atoms with Crippen molar-refractivity contribution in [3.8, 4) is 0 Å². The lowest BCUT2D eigenvalue weighted by atomic mass is 9.96. The molecule has 1 aromatic carbocycles. The minimum Gasteiger partial charge on any atom is -0.326 e. The number of carbonyl (C=O) groups is 1. The Bertz CT molecular complexity index is 445. The molecule has 1 fully saturated rings. The van der Waals surface area contributed by atoms with Crippen LogP contribution in [-0.4, -0.2) is 30.9 Å². The lowest BCUT2D eigenvalue weighted by molar-refractivity contribution is -0.121. The molecule has 0 aliphatic carbocycles. The molecule has 3 nitrogen and oxygen atoms in total. The van der Waals surface area contributed by atoms with E-state index in [2.05, 4.69) is 55.8 Å². The molecular weight excluding hydrogens is 407 g/mol. The predicted octanol–water partition coefficient (Wildman–Crippen LogP) is 3.33. The Hall–Kier alpha value is -0.140. The lowest BCUT2D eigenvalue weighted by Gasteiger charge is -2.28. The second kappa shape index (κ2) is 6.34. The van der Waals surface area contributed by atoms with Gasteiger partial charge in [-0.2, -0.15) is 0 Å². The first kappa shape index (κ1) is 14.3. The van der Waals surface area contributed by atoms with Crippen LogP contribution in [0, 0.1) is 9.49 Å². The molecule has 1 saturated heterocycles. The predicted molar refractivity (Wildman–Crippen MR) is 85.7 cm³/mol. The number of benzene rings is 1. The van der Waals surface area contributed by atoms with Gasteiger partial charge in [-0.3, -0.25) is 4.79 Å². The maximum Gasteiger partial charge on any atom is 0.227 e. The average Bonchev–Trinajstić information content (AvgIpc) is 2.34. The minimum absolute atomic E-state index is 0.149. The van der Waals surface area contributed by atoms with Gasteiger partial charge in [-0.1, -0.05) is 0 Å². The van der Waals surface area contributed by atoms with Crippen LogP contribution in [0.25, 0.3) is 0 Å². The summed E-state index contributed by atoms with van der Waals surface area (Å²) in [4.78, 5) is 14.4. The number of halogens is 2. The molecule has 0 spiro atoms. The summed E-state index contributed by atoms with van der Waals surface area (Å²) in [5, 5.41) is 3.00. The van der Waals surface area contributed by atoms with Crippen molar-refractivity contribution in [2.24, 2.45) is 5.92 Å². The topological polar surface area (TPSA) is 32.3 Å². The third-order valence-electron chi connectivity index (χ3n) is 3.28. The normalized spacial score (nSPS) is 17.7. The maximum absolute atomic E-state index is 12.1. The summed E-state index contributed by atoms with van der Waals surface area (Å²) >= 11 is 5.73. The van der Waals surface area contributed by atoms with Crippen LogP contribution in [0.3, 0.4) is 0 Å². The van der Waals surface area contributed by atoms with Gasteiger partial charge in [0.2, 0.25) is 5.91 Å². The number of anilines is 1. The van der Waals surface area contributed by atoms with E-state index in [1.165, 1.54) is 0 Å². The molecule has 0 atom stereocenters. The molecule has 1 N–H and O–H groups in total. The Kier molecular flexibility index (Phi) is 5.03. The first-order valence-electron chi connectivity index (χ1n) is 6.00. The van der Waals surface area contributed by atoms with Crippen molar-refractivity contribution in [3.63, 3.8) is 0 Å². The van der Waals surface area contributed by atoms with Gasteiger partial charge in [0.15, 0.2) is 0 Å². The van der Waals surface area contributed by atoms with Gasteiger partial charge in [-0.05, 0) is 89.7 Å². The number of hydrogen-bond donors (Lipinski definition) is 1. The molecule has 0 radical (unpaired) electrons. The quantitative estimate of drug-likeness (QED) is 0.741. The third kappa shape index (κ3) is 3.68. The van der Waals surface area contributed by atoms with Crippen molar-refractivity contribution >= 4 is 50.1 Å². The van der Waals surface area contributed by atoms with Gasteiger partial charge >= 0.3 is 0 Å². The van der Waals surface area contributed by atoms with Crippen LogP contribution in [0.1, 0.15) is 12.8 Å². The van der Waals surface area contributed by atoms with Crippen molar-refractivity contribution in [2.75, 3.05) is 25.5 Å². The van der Waals surface area contributed by atoms with Crippen LogP contribution < -0.4 is 5.32 Å². The molecule has 1 heterocycles. The molecule has 1 aliphatic rings. The van der Waals surface area contributed by atoms with E-state index in [4.69, 9.17) is 0 Å². The van der Waals surface area contributed by atoms with Gasteiger partial charge in [0.25, 0.3) is 0 Å². The van der Waals surface area contributed by atoms with Crippen LogP contribution in [0.15, 0.2) is 22.7 Å². The summed E-state index contributed by atoms with van der Waals surface area (Å²) in [5.74, 6) is 0.301. The fraction of sp³-hybridized carbons (Fsp3) is 0.462. The monoisotopic (exact) mass is 422 g/mol. The summed E-state index contributed by atoms with van der Waals surface area (Å²) in [6.45, 7) is 2.02. The van der Waals surface area contributed by atoms with Crippen molar-refractivity contribution in [1.82, 2.24) is 4.90 Å². The summed E-state index contributed by atoms with van der Waals surface area (Å²) in [6.07, 6.45) is 1.90. The van der Waals surface area contributed by atoms with Crippen molar-refractivity contribution in [3.05, 3.63) is 26.2 Å². The standard InChI is InChI=1S/C13H16BrIN2O/c1-17-6-4-9(5-7-17)13(18)16-10-2-3-12(15)11(14)8-10/h2-3,8-9H,4-7H2,1H3,(H,16,18). The molecule has 1 amide bonds. The zero-order valence-electron chi connectivity index (χ0n) is 10.2. The number of hydrogen-bond acceptors (Lipinski definition) is 2. The Morgan fingerprint density at radius 2 is 2.11 bits per heavy atom. The van der Waals surface area contributed by atoms with E-state index >= 15 is 0 Å². The largest absolute Gasteiger partial charge is 0.326 e. The van der Waals surface area contributed by atoms with E-state index in [9.17, 15) is 4.79 Å². The maximum atomic E-state index is 12.1. The van der Waals surface area contributed by atoms with E-state index in [1.54, 1.807) is 0 Å². The highest BCUT2D eigenvalue weighted by Crippen LogP contribution is 2.24. The molecule has 98 valence electrons. The van der Waals surface area contributed by atoms with Crippen LogP contribution in [0.2, 0.25) is 0 Å². The third-order valence-corrected chi connectivity index (χ3v) is 5.61. The number of piperidine rings is 1. The molecule has 0 unspecified atom stereocenters. The van der Waals surface area contributed by atoms with E-state index in [1.807, 2.05) is 18.2 Å². The number of nitrogens with one attached hydrogen (secondary N) is 1. The van der Waals surface area contributed by atoms with Crippen molar-refractivity contribution in [1.29, 1.82) is 0 Å². The fourth-order valence-electron chi connectivity index (χ4n) is 2.09. The number of nitrogens with zero attached hydrogens (tertiary/aromatic N) is 1. The van der Waals surface area contributed by atoms with Gasteiger partial charge in [0, 0.05) is 19.6 Å². The molecule has 2 rings (SSSR count). The van der Waals surface area contributed by atoms with Gasteiger partial charge in [0.05, 0.1) is 0 Å². The first-order chi connectivity index (χ1) is 8.56. The molecule has 0 saturated carbocycles. The van der Waals surface area contributed by atoms with Crippen molar-refractivity contribution < 1.29 is 4.79 Å². The summed E-state index contributed by atoms with van der Waals surface area (Å²) in [5.41, 5.74) is 0.867. The van der Waals surface area contributed by atoms with E-state index in [0.717, 1.165) is 39.7 Å². The summed E-state index contributed by atoms with van der Waals surface area (Å²) in [7, 11) is 2.10. The molecule has 0 bridgehead atoms. The Morgan fingerprint density at radius 3 is 2.72 bits per heavy atom. The van der Waals surface area contributed by atoms with Crippen LogP contribution in [-0.2, 0) is 4.79 Å². The second-order valence-electron chi connectivity index (χ2n) is 4.70. The minimum atomic E-state index is 0.149. The zero-order chi connectivity index (χ0) is 13.1. The molecule has 18 heavy (non-hydrogen) atoms. The number of carbonyl (C=O) groups excluding carboxylic acids is 1. The van der Waals surface area contributed by atoms with Crippen LogP contribution in [0.5, 0.6) is 0 Å².